The van der Waals surface area contributed by atoms with Crippen LogP contribution in [0.25, 0.3) is 0 Å². The largest absolute Gasteiger partial charge is 0.472 e. The van der Waals surface area contributed by atoms with Gasteiger partial charge >= 0.3 is 33.6 Å². The fourth-order valence-corrected chi connectivity index (χ4v) is 12.6. The van der Waals surface area contributed by atoms with Crippen molar-refractivity contribution in [2.75, 3.05) is 39.6 Å². The zero-order valence-corrected chi connectivity index (χ0v) is 72.0. The van der Waals surface area contributed by atoms with Crippen LogP contribution in [0, 0.1) is 0 Å². The van der Waals surface area contributed by atoms with Crippen molar-refractivity contribution in [3.8, 4) is 0 Å². The number of unbranched alkanes of at least 4 members (excludes halogenated alkanes) is 23. The van der Waals surface area contributed by atoms with E-state index in [-0.39, 0.29) is 19.3 Å². The Bertz CT molecular complexity index is 2880. The van der Waals surface area contributed by atoms with Crippen LogP contribution >= 0.6 is 15.6 Å². The number of phosphoric acid groups is 2. The first kappa shape index (κ1) is 107. The highest BCUT2D eigenvalue weighted by atomic mass is 31.2. The minimum atomic E-state index is -4.96. The molecule has 113 heavy (non-hydrogen) atoms. The maximum Gasteiger partial charge on any atom is 0.472 e. The van der Waals surface area contributed by atoms with Crippen molar-refractivity contribution >= 4 is 33.6 Å². The Hall–Kier alpha value is -5.87. The number of hydrogen-bond acceptors (Lipinski definition) is 14. The van der Waals surface area contributed by atoms with E-state index in [0.717, 1.165) is 173 Å². The fourth-order valence-electron chi connectivity index (χ4n) is 11.0. The predicted molar refractivity (Wildman–Crippen MR) is 472 cm³/mol. The molecule has 0 aromatic rings. The van der Waals surface area contributed by atoms with Crippen LogP contribution < -0.4 is 0 Å². The Balaban J connectivity index is 4.57. The maximum absolute atomic E-state index is 13.0. The van der Waals surface area contributed by atoms with Crippen LogP contribution in [0.3, 0.4) is 0 Å². The second kappa shape index (κ2) is 85.5. The third-order valence-electron chi connectivity index (χ3n) is 17.5. The number of carbonyl (C=O) groups excluding carboxylic acids is 3. The average molecular weight is 1610 g/mol. The van der Waals surface area contributed by atoms with Crippen molar-refractivity contribution in [2.45, 2.75) is 334 Å². The zero-order chi connectivity index (χ0) is 82.2. The molecule has 0 amide bonds. The van der Waals surface area contributed by atoms with Gasteiger partial charge in [0.05, 0.1) is 26.4 Å². The normalized spacial score (nSPS) is 14.9. The molecule has 0 aliphatic rings. The summed E-state index contributed by atoms with van der Waals surface area (Å²) in [5, 5.41) is 20.7. The van der Waals surface area contributed by atoms with Gasteiger partial charge in [-0.05, 0) is 167 Å². The van der Waals surface area contributed by atoms with Crippen LogP contribution in [0.15, 0.2) is 207 Å². The van der Waals surface area contributed by atoms with Crippen LogP contribution in [0.5, 0.6) is 0 Å². The van der Waals surface area contributed by atoms with E-state index >= 15 is 0 Å². The predicted octanol–water partition coefficient (Wildman–Crippen LogP) is 26.4. The third kappa shape index (κ3) is 86.8. The quantitative estimate of drug-likeness (QED) is 0.0146. The lowest BCUT2D eigenvalue weighted by Gasteiger charge is -2.21. The van der Waals surface area contributed by atoms with E-state index in [1.807, 2.05) is 0 Å². The minimum absolute atomic E-state index is 0.0515. The molecular formula is C95H154O16P2. The number of allylic oxidation sites excluding steroid dienone is 34. The number of aliphatic hydroxyl groups excluding tert-OH is 2. The highest BCUT2D eigenvalue weighted by Crippen LogP contribution is 2.45. The molecular weight excluding hydrogens is 1460 g/mol. The van der Waals surface area contributed by atoms with Gasteiger partial charge in [-0.2, -0.15) is 0 Å². The first-order valence-corrected chi connectivity index (χ1v) is 46.4. The van der Waals surface area contributed by atoms with Crippen molar-refractivity contribution in [2.24, 2.45) is 0 Å². The van der Waals surface area contributed by atoms with E-state index in [0.29, 0.717) is 19.3 Å². The van der Waals surface area contributed by atoms with Crippen LogP contribution in [-0.2, 0) is 55.8 Å². The van der Waals surface area contributed by atoms with Gasteiger partial charge in [-0.1, -0.05) is 337 Å². The first-order valence-electron chi connectivity index (χ1n) is 43.4. The zero-order valence-electron chi connectivity index (χ0n) is 70.2. The molecule has 0 rings (SSSR count). The molecule has 0 fully saturated rings. The van der Waals surface area contributed by atoms with Crippen molar-refractivity contribution in [1.29, 1.82) is 0 Å². The van der Waals surface area contributed by atoms with E-state index in [2.05, 4.69) is 227 Å². The summed E-state index contributed by atoms with van der Waals surface area (Å²) in [4.78, 5) is 58.8. The molecule has 0 saturated heterocycles. The molecule has 0 aliphatic heterocycles. The number of aliphatic hydroxyl groups is 2. The summed E-state index contributed by atoms with van der Waals surface area (Å²) in [6.07, 6.45) is 115. The van der Waals surface area contributed by atoms with E-state index in [1.54, 1.807) is 0 Å². The van der Waals surface area contributed by atoms with E-state index < -0.39 is 91.5 Å². The van der Waals surface area contributed by atoms with Gasteiger partial charge in [0.25, 0.3) is 0 Å². The molecule has 640 valence electrons. The van der Waals surface area contributed by atoms with Crippen LogP contribution in [-0.4, -0.2) is 95.9 Å². The lowest BCUT2D eigenvalue weighted by Crippen LogP contribution is -2.30. The van der Waals surface area contributed by atoms with Gasteiger partial charge in [0.1, 0.15) is 25.4 Å². The Kier molecular flexibility index (Phi) is 81.1. The van der Waals surface area contributed by atoms with E-state index in [4.69, 9.17) is 32.3 Å². The Labute approximate surface area is 686 Å². The SMILES string of the molecule is CC/C=C\C/C=C\C/C=C\C/C=C\C/C=C\C/C=C\CCCCCCCCCCCCCCCCCCC(=O)OCC(O)COP(=O)(O)OCC(O)COP(=O)(O)OCC(COC(=O)CCCCCC/C=C\C/C=C\C/C=C\C/C=C\C/C=C\C/C=C\CC)OC(=O)CCCCC/C=C\C/C=C\C/C=C\C/C=C\C/C=C\CC. The molecule has 0 bridgehead atoms. The lowest BCUT2D eigenvalue weighted by molar-refractivity contribution is -0.161. The van der Waals surface area contributed by atoms with Crippen LogP contribution in [0.4, 0.5) is 0 Å². The lowest BCUT2D eigenvalue weighted by atomic mass is 10.0. The molecule has 0 saturated carbocycles. The Morgan fingerprint density at radius 2 is 0.442 bits per heavy atom. The maximum atomic E-state index is 13.0. The standard InChI is InChI=1S/C95H154O16P2/c1-4-7-10-13-16-19-22-25-28-31-34-36-38-39-40-41-42-43-44-45-46-47-48-49-51-53-55-57-60-63-66-69-72-75-78-81-93(98)105-84-90(96)85-107-112(101,102)108-86-91(97)87-109-113(103,104)110-89-92(111-95(100)83-80-77-74-71-68-65-62-59-54-33-30-27-24-21-18-15-12-9-6-3)88-106-94(99)82-79-76-73-70-67-64-61-58-56-52-50-37-35-32-29-26-23-20-17-14-11-8-5-2/h7-12,16-21,25-30,34-37,39-40,42-43,52,54,56,59,61,64-65,68,90-92,96-97H,4-6,13-15,22-24,31-33,38,41,44-51,53,55,57-58,60,62-63,66-67,69-89H2,1-3H3,(H,101,102)(H,103,104)/b10-7-,11-8-,12-9-,19-16-,20-17-,21-18-,28-25-,29-26-,30-27-,36-34-,37-35-,40-39-,43-42-,56-52-,59-54-,64-61-,68-65-. The molecule has 0 heterocycles. The van der Waals surface area contributed by atoms with Gasteiger partial charge in [-0.15, -0.1) is 0 Å². The summed E-state index contributed by atoms with van der Waals surface area (Å²) in [6, 6.07) is 0. The number of carbonyl (C=O) groups is 3. The molecule has 0 spiro atoms. The first-order chi connectivity index (χ1) is 55.2. The Morgan fingerprint density at radius 3 is 0.708 bits per heavy atom. The van der Waals surface area contributed by atoms with Crippen molar-refractivity contribution in [3.63, 3.8) is 0 Å². The van der Waals surface area contributed by atoms with Gasteiger partial charge in [0, 0.05) is 19.3 Å². The summed E-state index contributed by atoms with van der Waals surface area (Å²) in [6.45, 7) is 2.26. The number of hydrogen-bond donors (Lipinski definition) is 4. The topological polar surface area (TPSA) is 231 Å². The molecule has 5 unspecified atom stereocenters. The molecule has 4 N–H and O–H groups in total. The number of ether oxygens (including phenoxy) is 3. The summed E-state index contributed by atoms with van der Waals surface area (Å²) in [5.74, 6) is -1.65. The van der Waals surface area contributed by atoms with Gasteiger partial charge in [0.2, 0.25) is 0 Å². The second-order valence-electron chi connectivity index (χ2n) is 28.2. The highest BCUT2D eigenvalue weighted by Gasteiger charge is 2.29. The molecule has 0 aromatic carbocycles. The van der Waals surface area contributed by atoms with Crippen molar-refractivity contribution in [1.82, 2.24) is 0 Å². The van der Waals surface area contributed by atoms with Gasteiger partial charge < -0.3 is 34.2 Å². The molecule has 0 aliphatic carbocycles. The van der Waals surface area contributed by atoms with E-state index in [9.17, 15) is 43.5 Å². The van der Waals surface area contributed by atoms with Crippen LogP contribution in [0.1, 0.15) is 316 Å². The van der Waals surface area contributed by atoms with Gasteiger partial charge in [-0.25, -0.2) is 9.13 Å². The van der Waals surface area contributed by atoms with Crippen LogP contribution in [0.2, 0.25) is 0 Å². The second-order valence-corrected chi connectivity index (χ2v) is 31.1. The molecule has 16 nitrogen and oxygen atoms in total. The number of phosphoric ester groups is 2. The number of esters is 3. The van der Waals surface area contributed by atoms with E-state index in [1.165, 1.54) is 83.5 Å². The third-order valence-corrected chi connectivity index (χ3v) is 19.4. The van der Waals surface area contributed by atoms with Gasteiger partial charge in [0.15, 0.2) is 6.10 Å². The van der Waals surface area contributed by atoms with Crippen molar-refractivity contribution < 1.29 is 75.8 Å². The molecule has 0 radical (unpaired) electrons. The summed E-state index contributed by atoms with van der Waals surface area (Å²) >= 11 is 0. The Morgan fingerprint density at radius 1 is 0.248 bits per heavy atom. The average Bonchev–Trinajstić information content (AvgIpc) is 0.899. The van der Waals surface area contributed by atoms with Gasteiger partial charge in [-0.3, -0.25) is 32.5 Å². The summed E-state index contributed by atoms with van der Waals surface area (Å²) in [5.41, 5.74) is 0. The molecule has 5 atom stereocenters. The fraction of sp³-hybridized carbons (Fsp3) is 0.611. The minimum Gasteiger partial charge on any atom is -0.463 e. The molecule has 0 aromatic heterocycles. The smallest absolute Gasteiger partial charge is 0.463 e. The summed E-state index contributed by atoms with van der Waals surface area (Å²) in [7, 11) is -9.83. The highest BCUT2D eigenvalue weighted by molar-refractivity contribution is 7.47. The monoisotopic (exact) mass is 1610 g/mol. The van der Waals surface area contributed by atoms with Crippen molar-refractivity contribution in [3.05, 3.63) is 207 Å². The number of rotatable bonds is 80. The summed E-state index contributed by atoms with van der Waals surface area (Å²) < 4.78 is 61.3. The molecule has 18 heteroatoms.